The van der Waals surface area contributed by atoms with E-state index in [0.717, 1.165) is 35.4 Å². The summed E-state index contributed by atoms with van der Waals surface area (Å²) in [6, 6.07) is 3.44. The Kier molecular flexibility index (Phi) is 8.33. The Morgan fingerprint density at radius 2 is 2.00 bits per heavy atom. The number of nitriles is 1. The van der Waals surface area contributed by atoms with E-state index in [1.54, 1.807) is 6.07 Å². The van der Waals surface area contributed by atoms with Gasteiger partial charge in [-0.05, 0) is 19.1 Å². The number of benzene rings is 1. The Hall–Kier alpha value is -3.07. The van der Waals surface area contributed by atoms with E-state index in [1.165, 1.54) is 6.92 Å². The topological polar surface area (TPSA) is 208 Å². The summed E-state index contributed by atoms with van der Waals surface area (Å²) in [5, 5.41) is 36.0. The number of pyridine rings is 1. The number of aromatic hydroxyl groups is 1. The molecule has 188 valence electrons. The lowest BCUT2D eigenvalue weighted by molar-refractivity contribution is -0.136. The Labute approximate surface area is 220 Å². The molecular weight excluding hydrogens is 579 g/mol. The smallest absolute Gasteiger partial charge is 0.304 e. The van der Waals surface area contributed by atoms with E-state index in [-0.39, 0.29) is 45.0 Å². The van der Waals surface area contributed by atoms with Gasteiger partial charge in [0.1, 0.15) is 16.5 Å². The van der Waals surface area contributed by atoms with Crippen LogP contribution in [0.1, 0.15) is 17.5 Å². The summed E-state index contributed by atoms with van der Waals surface area (Å²) in [4.78, 5) is 27.2. The van der Waals surface area contributed by atoms with Gasteiger partial charge in [-0.2, -0.15) is 23.0 Å². The van der Waals surface area contributed by atoms with E-state index in [9.17, 15) is 32.9 Å². The standard InChI is InChI=1S/C18H12Cl2N6O7S3/c1-7-8(6-21)15(29)26(11-4-10(20)12(5-9(11)19)36(31,32)33)16(30)14(7)23-24-17-22-18(25-35-17)34-3-2-13(27)28/h4-5,29H,2-3H2,1H3,(H,27,28)(H,31,32,33). The molecule has 0 spiro atoms. The quantitative estimate of drug-likeness (QED) is 0.193. The molecule has 0 amide bonds. The minimum atomic E-state index is -4.75. The summed E-state index contributed by atoms with van der Waals surface area (Å²) in [7, 11) is -4.75. The molecule has 0 unspecified atom stereocenters. The molecule has 2 aromatic heterocycles. The van der Waals surface area contributed by atoms with Crippen molar-refractivity contribution < 1.29 is 28.0 Å². The van der Waals surface area contributed by atoms with Crippen molar-refractivity contribution in [3.63, 3.8) is 0 Å². The Morgan fingerprint density at radius 3 is 2.61 bits per heavy atom. The van der Waals surface area contributed by atoms with Gasteiger partial charge in [-0.15, -0.1) is 10.2 Å². The fraction of sp³-hybridized carbons (Fsp3) is 0.167. The lowest BCUT2D eigenvalue weighted by Crippen LogP contribution is -2.21. The maximum atomic E-state index is 13.2. The molecule has 0 bridgehead atoms. The minimum Gasteiger partial charge on any atom is -0.493 e. The van der Waals surface area contributed by atoms with Crippen LogP contribution in [0.3, 0.4) is 0 Å². The van der Waals surface area contributed by atoms with Gasteiger partial charge in [-0.25, -0.2) is 4.57 Å². The number of aliphatic carboxylic acids is 1. The molecule has 0 aliphatic carbocycles. The van der Waals surface area contributed by atoms with Crippen LogP contribution in [0.2, 0.25) is 10.0 Å². The number of nitrogens with zero attached hydrogens (tertiary/aromatic N) is 6. The van der Waals surface area contributed by atoms with Crippen LogP contribution in [0.25, 0.3) is 5.69 Å². The van der Waals surface area contributed by atoms with E-state index >= 15 is 0 Å². The van der Waals surface area contributed by atoms with Crippen LogP contribution in [0, 0.1) is 18.3 Å². The molecule has 18 heteroatoms. The second-order valence-electron chi connectivity index (χ2n) is 6.69. The van der Waals surface area contributed by atoms with Crippen molar-refractivity contribution in [1.29, 1.82) is 5.26 Å². The predicted octanol–water partition coefficient (Wildman–Crippen LogP) is 4.11. The first-order valence-electron chi connectivity index (χ1n) is 9.30. The zero-order valence-electron chi connectivity index (χ0n) is 17.7. The molecule has 0 aliphatic heterocycles. The Balaban J connectivity index is 2.10. The number of azo groups is 1. The van der Waals surface area contributed by atoms with E-state index in [0.29, 0.717) is 4.57 Å². The zero-order valence-corrected chi connectivity index (χ0v) is 21.7. The van der Waals surface area contributed by atoms with Gasteiger partial charge in [0, 0.05) is 22.8 Å². The molecule has 13 nitrogen and oxygen atoms in total. The number of rotatable bonds is 8. The van der Waals surface area contributed by atoms with Gasteiger partial charge in [0.2, 0.25) is 16.2 Å². The van der Waals surface area contributed by atoms with E-state index in [4.69, 9.17) is 28.3 Å². The van der Waals surface area contributed by atoms with Crippen LogP contribution in [-0.4, -0.2) is 48.8 Å². The van der Waals surface area contributed by atoms with Crippen LogP contribution in [0.4, 0.5) is 10.8 Å². The average molecular weight is 591 g/mol. The maximum Gasteiger partial charge on any atom is 0.304 e. The summed E-state index contributed by atoms with van der Waals surface area (Å²) in [5.74, 6) is -1.56. The monoisotopic (exact) mass is 590 g/mol. The van der Waals surface area contributed by atoms with Crippen LogP contribution < -0.4 is 5.56 Å². The van der Waals surface area contributed by atoms with Crippen LogP contribution in [-0.2, 0) is 14.9 Å². The average Bonchev–Trinajstić information content (AvgIpc) is 3.22. The minimum absolute atomic E-state index is 0.0163. The molecule has 0 radical (unpaired) electrons. The third-order valence-electron chi connectivity index (χ3n) is 4.38. The molecule has 0 atom stereocenters. The summed E-state index contributed by atoms with van der Waals surface area (Å²) < 4.78 is 36.8. The first-order chi connectivity index (χ1) is 16.8. The second-order valence-corrected chi connectivity index (χ2v) is 10.7. The SMILES string of the molecule is Cc1c(C#N)c(O)n(-c2cc(Cl)c(S(=O)(=O)O)cc2Cl)c(=O)c1N=Nc1nc(SCCC(=O)O)ns1. The van der Waals surface area contributed by atoms with Crippen LogP contribution in [0.5, 0.6) is 5.88 Å². The summed E-state index contributed by atoms with van der Waals surface area (Å²) in [6.07, 6.45) is -0.0955. The summed E-state index contributed by atoms with van der Waals surface area (Å²) in [5.41, 5.74) is -2.01. The molecule has 1 aromatic carbocycles. The molecule has 0 saturated carbocycles. The third kappa shape index (κ3) is 5.83. The van der Waals surface area contributed by atoms with Crippen molar-refractivity contribution in [2.45, 2.75) is 23.4 Å². The second kappa shape index (κ2) is 10.9. The van der Waals surface area contributed by atoms with Crippen LogP contribution in [0.15, 0.2) is 37.2 Å². The van der Waals surface area contributed by atoms with Gasteiger partial charge in [-0.1, -0.05) is 35.0 Å². The zero-order chi connectivity index (χ0) is 26.8. The highest BCUT2D eigenvalue weighted by Crippen LogP contribution is 2.35. The first kappa shape index (κ1) is 27.5. The number of halogens is 2. The highest BCUT2D eigenvalue weighted by molar-refractivity contribution is 7.99. The molecule has 3 rings (SSSR count). The van der Waals surface area contributed by atoms with Gasteiger partial charge in [0.25, 0.3) is 15.7 Å². The molecule has 3 aromatic rings. The number of carboxylic acid groups (broad SMARTS) is 1. The first-order valence-corrected chi connectivity index (χ1v) is 13.3. The van der Waals surface area contributed by atoms with E-state index in [1.807, 2.05) is 0 Å². The van der Waals surface area contributed by atoms with E-state index < -0.39 is 42.5 Å². The number of carbonyl (C=O) groups is 1. The predicted molar refractivity (Wildman–Crippen MR) is 130 cm³/mol. The summed E-state index contributed by atoms with van der Waals surface area (Å²) in [6.45, 7) is 1.35. The molecule has 0 aliphatic rings. The van der Waals surface area contributed by atoms with E-state index in [2.05, 4.69) is 19.6 Å². The van der Waals surface area contributed by atoms with Crippen molar-refractivity contribution in [1.82, 2.24) is 13.9 Å². The lowest BCUT2D eigenvalue weighted by Gasteiger charge is -2.15. The number of carboxylic acids is 1. The van der Waals surface area contributed by atoms with Gasteiger partial charge >= 0.3 is 5.97 Å². The third-order valence-corrected chi connectivity index (χ3v) is 7.57. The fourth-order valence-electron chi connectivity index (χ4n) is 2.75. The highest BCUT2D eigenvalue weighted by Gasteiger charge is 2.24. The normalized spacial score (nSPS) is 11.6. The number of aromatic nitrogens is 3. The van der Waals surface area contributed by atoms with Crippen molar-refractivity contribution in [2.75, 3.05) is 5.75 Å². The molecular formula is C18H12Cl2N6O7S3. The van der Waals surface area contributed by atoms with Crippen molar-refractivity contribution in [2.24, 2.45) is 10.2 Å². The van der Waals surface area contributed by atoms with Gasteiger partial charge in [0.15, 0.2) is 5.69 Å². The molecule has 3 N–H and O–H groups in total. The van der Waals surface area contributed by atoms with Crippen molar-refractivity contribution in [3.8, 4) is 17.6 Å². The van der Waals surface area contributed by atoms with Crippen molar-refractivity contribution in [3.05, 3.63) is 43.7 Å². The molecule has 0 fully saturated rings. The fourth-order valence-corrected chi connectivity index (χ4v) is 5.48. The lowest BCUT2D eigenvalue weighted by atomic mass is 10.1. The molecule has 0 saturated heterocycles. The number of hydrogen-bond acceptors (Lipinski definition) is 12. The Bertz CT molecular complexity index is 1610. The highest BCUT2D eigenvalue weighted by atomic mass is 35.5. The molecule has 36 heavy (non-hydrogen) atoms. The van der Waals surface area contributed by atoms with Gasteiger partial charge in [0.05, 0.1) is 22.2 Å². The molecule has 2 heterocycles. The maximum absolute atomic E-state index is 13.2. The van der Waals surface area contributed by atoms with Crippen LogP contribution >= 0.6 is 46.5 Å². The largest absolute Gasteiger partial charge is 0.493 e. The van der Waals surface area contributed by atoms with Gasteiger partial charge < -0.3 is 10.2 Å². The number of hydrogen-bond donors (Lipinski definition) is 3. The summed E-state index contributed by atoms with van der Waals surface area (Å²) >= 11 is 14.0. The van der Waals surface area contributed by atoms with Crippen molar-refractivity contribution >= 4 is 73.4 Å². The van der Waals surface area contributed by atoms with Gasteiger partial charge in [-0.3, -0.25) is 14.1 Å². The Morgan fingerprint density at radius 1 is 1.31 bits per heavy atom. The number of thioether (sulfide) groups is 1.